The predicted octanol–water partition coefficient (Wildman–Crippen LogP) is 4.36. The summed E-state index contributed by atoms with van der Waals surface area (Å²) in [6.07, 6.45) is 0. The Kier molecular flexibility index (Phi) is 5.14. The Hall–Kier alpha value is -2.36. The molecule has 0 amide bonds. The molecular weight excluding hydrogens is 386 g/mol. The first-order valence-corrected chi connectivity index (χ1v) is 8.92. The minimum absolute atomic E-state index is 0.0352. The highest BCUT2D eigenvalue weighted by Crippen LogP contribution is 2.24. The molecule has 118 valence electrons. The quantitative estimate of drug-likeness (QED) is 0.524. The van der Waals surface area contributed by atoms with Crippen LogP contribution in [0.2, 0.25) is 0 Å². The van der Waals surface area contributed by atoms with Crippen LogP contribution in [0.25, 0.3) is 11.3 Å². The molecule has 0 spiro atoms. The Morgan fingerprint density at radius 1 is 1.17 bits per heavy atom. The number of H-pyrrole nitrogens is 1. The third-order valence-corrected chi connectivity index (χ3v) is 4.76. The summed E-state index contributed by atoms with van der Waals surface area (Å²) in [5.41, 5.74) is 1.90. The highest BCUT2D eigenvalue weighted by Gasteiger charge is 2.13. The highest BCUT2D eigenvalue weighted by atomic mass is 79.9. The van der Waals surface area contributed by atoms with Gasteiger partial charge in [-0.25, -0.2) is 4.98 Å². The molecule has 0 unspecified atom stereocenters. The van der Waals surface area contributed by atoms with E-state index in [1.54, 1.807) is 0 Å². The predicted molar refractivity (Wildman–Crippen MR) is 98.7 cm³/mol. The summed E-state index contributed by atoms with van der Waals surface area (Å²) in [4.78, 5) is 19.4. The Bertz CT molecular complexity index is 964. The van der Waals surface area contributed by atoms with E-state index in [2.05, 4.69) is 25.9 Å². The van der Waals surface area contributed by atoms with Crippen molar-refractivity contribution in [1.29, 1.82) is 5.26 Å². The Labute approximate surface area is 151 Å². The number of aromatic amines is 1. The first kappa shape index (κ1) is 16.5. The van der Waals surface area contributed by atoms with Crippen molar-refractivity contribution in [3.8, 4) is 17.3 Å². The second-order valence-electron chi connectivity index (χ2n) is 4.99. The van der Waals surface area contributed by atoms with E-state index in [1.807, 2.05) is 60.7 Å². The fourth-order valence-electron chi connectivity index (χ4n) is 2.21. The van der Waals surface area contributed by atoms with E-state index in [0.717, 1.165) is 15.6 Å². The van der Waals surface area contributed by atoms with Gasteiger partial charge in [-0.05, 0) is 17.7 Å². The smallest absolute Gasteiger partial charge is 0.270 e. The maximum absolute atomic E-state index is 12.2. The average Bonchev–Trinajstić information content (AvgIpc) is 2.60. The lowest BCUT2D eigenvalue weighted by Gasteiger charge is -2.07. The van der Waals surface area contributed by atoms with Crippen molar-refractivity contribution in [2.24, 2.45) is 0 Å². The molecule has 2 aromatic carbocycles. The number of nitrogens with one attached hydrogen (secondary N) is 1. The van der Waals surface area contributed by atoms with Crippen molar-refractivity contribution in [1.82, 2.24) is 9.97 Å². The van der Waals surface area contributed by atoms with Crippen molar-refractivity contribution >= 4 is 27.7 Å². The van der Waals surface area contributed by atoms with Crippen molar-refractivity contribution in [2.45, 2.75) is 10.9 Å². The summed E-state index contributed by atoms with van der Waals surface area (Å²) in [7, 11) is 0. The van der Waals surface area contributed by atoms with Crippen LogP contribution in [0.1, 0.15) is 11.1 Å². The normalized spacial score (nSPS) is 10.3. The van der Waals surface area contributed by atoms with Gasteiger partial charge in [0.25, 0.3) is 5.56 Å². The summed E-state index contributed by atoms with van der Waals surface area (Å²) in [5.74, 6) is 0.669. The van der Waals surface area contributed by atoms with Crippen LogP contribution >= 0.6 is 27.7 Å². The molecule has 3 aromatic rings. The summed E-state index contributed by atoms with van der Waals surface area (Å²) < 4.78 is 1.01. The minimum Gasteiger partial charge on any atom is -0.300 e. The Balaban J connectivity index is 1.94. The van der Waals surface area contributed by atoms with Gasteiger partial charge in [0.2, 0.25) is 0 Å². The number of hydrogen-bond donors (Lipinski definition) is 1. The van der Waals surface area contributed by atoms with Crippen LogP contribution in [0.15, 0.2) is 69.0 Å². The third-order valence-electron chi connectivity index (χ3n) is 3.32. The molecule has 0 fully saturated rings. The molecule has 0 saturated carbocycles. The highest BCUT2D eigenvalue weighted by molar-refractivity contribution is 9.10. The molecule has 6 heteroatoms. The summed E-state index contributed by atoms with van der Waals surface area (Å²) in [5, 5.41) is 9.77. The van der Waals surface area contributed by atoms with Crippen LogP contribution in [-0.4, -0.2) is 9.97 Å². The third kappa shape index (κ3) is 3.75. The molecule has 1 N–H and O–H groups in total. The lowest BCUT2D eigenvalue weighted by molar-refractivity contribution is 0.934. The number of hydrogen-bond acceptors (Lipinski definition) is 4. The van der Waals surface area contributed by atoms with Gasteiger partial charge in [0.15, 0.2) is 5.16 Å². The van der Waals surface area contributed by atoms with E-state index < -0.39 is 5.56 Å². The minimum atomic E-state index is -0.414. The molecule has 0 bridgehead atoms. The zero-order chi connectivity index (χ0) is 16.9. The average molecular weight is 398 g/mol. The van der Waals surface area contributed by atoms with Crippen LogP contribution in [0, 0.1) is 11.3 Å². The SMILES string of the molecule is N#Cc1c(-c2ccccc2)nc(SCc2cccc(Br)c2)[nH]c1=O. The van der Waals surface area contributed by atoms with Gasteiger partial charge in [-0.15, -0.1) is 0 Å². The van der Waals surface area contributed by atoms with Crippen molar-refractivity contribution in [2.75, 3.05) is 0 Å². The zero-order valence-electron chi connectivity index (χ0n) is 12.5. The topological polar surface area (TPSA) is 69.5 Å². The number of nitrogens with zero attached hydrogens (tertiary/aromatic N) is 2. The van der Waals surface area contributed by atoms with Crippen molar-refractivity contribution < 1.29 is 0 Å². The van der Waals surface area contributed by atoms with Gasteiger partial charge in [-0.3, -0.25) is 4.79 Å². The summed E-state index contributed by atoms with van der Waals surface area (Å²) in [6, 6.07) is 19.2. The first-order valence-electron chi connectivity index (χ1n) is 7.14. The molecule has 3 rings (SSSR count). The maximum atomic E-state index is 12.2. The van der Waals surface area contributed by atoms with Crippen molar-refractivity contribution in [3.63, 3.8) is 0 Å². The fraction of sp³-hybridized carbons (Fsp3) is 0.0556. The van der Waals surface area contributed by atoms with Crippen LogP contribution < -0.4 is 5.56 Å². The van der Waals surface area contributed by atoms with Gasteiger partial charge >= 0.3 is 0 Å². The number of nitriles is 1. The monoisotopic (exact) mass is 397 g/mol. The summed E-state index contributed by atoms with van der Waals surface area (Å²) in [6.45, 7) is 0. The Morgan fingerprint density at radius 2 is 1.96 bits per heavy atom. The number of aromatic nitrogens is 2. The van der Waals surface area contributed by atoms with Gasteiger partial charge in [-0.2, -0.15) is 5.26 Å². The van der Waals surface area contributed by atoms with Gasteiger partial charge < -0.3 is 4.98 Å². The largest absolute Gasteiger partial charge is 0.300 e. The molecule has 0 aliphatic carbocycles. The van der Waals surface area contributed by atoms with Gasteiger partial charge in [0.05, 0.1) is 5.69 Å². The van der Waals surface area contributed by atoms with E-state index in [1.165, 1.54) is 11.8 Å². The van der Waals surface area contributed by atoms with Crippen LogP contribution in [0.4, 0.5) is 0 Å². The van der Waals surface area contributed by atoms with Gasteiger partial charge in [0, 0.05) is 15.8 Å². The van der Waals surface area contributed by atoms with Crippen molar-refractivity contribution in [3.05, 3.63) is 80.6 Å². The molecule has 0 aliphatic heterocycles. The van der Waals surface area contributed by atoms with E-state index in [9.17, 15) is 10.1 Å². The van der Waals surface area contributed by atoms with Gasteiger partial charge in [0.1, 0.15) is 11.6 Å². The number of halogens is 1. The van der Waals surface area contributed by atoms with Gasteiger partial charge in [-0.1, -0.05) is 70.2 Å². The molecule has 0 saturated heterocycles. The molecular formula is C18H12BrN3OS. The van der Waals surface area contributed by atoms with Crippen LogP contribution in [0.5, 0.6) is 0 Å². The van der Waals surface area contributed by atoms with E-state index in [4.69, 9.17) is 0 Å². The van der Waals surface area contributed by atoms with Crippen LogP contribution in [0.3, 0.4) is 0 Å². The number of benzene rings is 2. The lowest BCUT2D eigenvalue weighted by atomic mass is 10.1. The molecule has 0 atom stereocenters. The molecule has 1 aromatic heterocycles. The van der Waals surface area contributed by atoms with E-state index in [0.29, 0.717) is 16.6 Å². The molecule has 1 heterocycles. The lowest BCUT2D eigenvalue weighted by Crippen LogP contribution is -2.14. The van der Waals surface area contributed by atoms with E-state index in [-0.39, 0.29) is 5.56 Å². The number of thioether (sulfide) groups is 1. The van der Waals surface area contributed by atoms with Crippen LogP contribution in [-0.2, 0) is 5.75 Å². The fourth-order valence-corrected chi connectivity index (χ4v) is 3.46. The number of rotatable bonds is 4. The molecule has 0 radical (unpaired) electrons. The van der Waals surface area contributed by atoms with E-state index >= 15 is 0 Å². The second-order valence-corrected chi connectivity index (χ2v) is 6.87. The zero-order valence-corrected chi connectivity index (χ0v) is 14.9. The molecule has 4 nitrogen and oxygen atoms in total. The molecule has 24 heavy (non-hydrogen) atoms. The Morgan fingerprint density at radius 3 is 2.67 bits per heavy atom. The molecule has 0 aliphatic rings. The first-order chi connectivity index (χ1) is 11.7. The standard InChI is InChI=1S/C18H12BrN3OS/c19-14-8-4-5-12(9-14)11-24-18-21-16(13-6-2-1-3-7-13)15(10-20)17(23)22-18/h1-9H,11H2,(H,21,22,23). The second kappa shape index (κ2) is 7.47. The summed E-state index contributed by atoms with van der Waals surface area (Å²) >= 11 is 4.87. The maximum Gasteiger partial charge on any atom is 0.270 e.